The smallest absolute Gasteiger partial charge is 0.0905 e. The Morgan fingerprint density at radius 1 is 1.19 bits per heavy atom. The molecule has 0 radical (unpaired) electrons. The second-order valence-electron chi connectivity index (χ2n) is 5.43. The molecule has 2 nitrogen and oxygen atoms in total. The van der Waals surface area contributed by atoms with E-state index in [0.717, 1.165) is 31.5 Å². The van der Waals surface area contributed by atoms with Gasteiger partial charge in [-0.05, 0) is 55.8 Å². The molecule has 1 heterocycles. The van der Waals surface area contributed by atoms with Gasteiger partial charge in [0.2, 0.25) is 0 Å². The van der Waals surface area contributed by atoms with Crippen molar-refractivity contribution in [3.8, 4) is 0 Å². The Bertz CT molecular complexity index is 389. The van der Waals surface area contributed by atoms with Gasteiger partial charge >= 0.3 is 0 Å². The number of hydrogen-bond acceptors (Lipinski definition) is 2. The second kappa shape index (κ2) is 3.57. The third-order valence-electron chi connectivity index (χ3n) is 4.33. The molecule has 2 aliphatic rings. The van der Waals surface area contributed by atoms with E-state index < -0.39 is 5.60 Å². The molecule has 1 aliphatic carbocycles. The number of aryl methyl sites for hydroxylation is 1. The molecule has 1 unspecified atom stereocenters. The summed E-state index contributed by atoms with van der Waals surface area (Å²) in [5, 5.41) is 14.2. The Kier molecular flexibility index (Phi) is 2.30. The molecule has 3 rings (SSSR count). The van der Waals surface area contributed by atoms with Crippen LogP contribution in [0.5, 0.6) is 0 Å². The van der Waals surface area contributed by atoms with Crippen molar-refractivity contribution in [3.05, 3.63) is 35.4 Å². The van der Waals surface area contributed by atoms with Crippen molar-refractivity contribution in [2.75, 3.05) is 13.1 Å². The number of fused-ring (bicyclic) bond motifs is 1. The summed E-state index contributed by atoms with van der Waals surface area (Å²) in [4.78, 5) is 0. The fraction of sp³-hybridized carbons (Fsp3) is 0.571. The first-order valence-corrected chi connectivity index (χ1v) is 6.18. The van der Waals surface area contributed by atoms with Crippen LogP contribution in [0.3, 0.4) is 0 Å². The zero-order valence-electron chi connectivity index (χ0n) is 9.74. The number of nitrogens with one attached hydrogen (secondary N) is 1. The lowest BCUT2D eigenvalue weighted by atomic mass is 9.87. The Labute approximate surface area is 96.7 Å². The van der Waals surface area contributed by atoms with E-state index in [2.05, 4.69) is 24.4 Å². The maximum Gasteiger partial charge on any atom is 0.0905 e. The van der Waals surface area contributed by atoms with Gasteiger partial charge in [-0.25, -0.2) is 0 Å². The van der Waals surface area contributed by atoms with Crippen LogP contribution in [0.4, 0.5) is 0 Å². The second-order valence-corrected chi connectivity index (χ2v) is 5.43. The van der Waals surface area contributed by atoms with Gasteiger partial charge in [0.1, 0.15) is 0 Å². The largest absolute Gasteiger partial charge is 0.385 e. The van der Waals surface area contributed by atoms with Crippen LogP contribution >= 0.6 is 0 Å². The first-order valence-electron chi connectivity index (χ1n) is 6.18. The van der Waals surface area contributed by atoms with E-state index >= 15 is 0 Å². The van der Waals surface area contributed by atoms with Gasteiger partial charge in [-0.3, -0.25) is 0 Å². The molecule has 0 amide bonds. The minimum Gasteiger partial charge on any atom is -0.385 e. The third kappa shape index (κ3) is 1.48. The van der Waals surface area contributed by atoms with Crippen molar-refractivity contribution >= 4 is 0 Å². The third-order valence-corrected chi connectivity index (χ3v) is 4.33. The van der Waals surface area contributed by atoms with Crippen molar-refractivity contribution < 1.29 is 5.11 Å². The Balaban J connectivity index is 1.93. The molecule has 1 saturated heterocycles. The maximum absolute atomic E-state index is 10.8. The van der Waals surface area contributed by atoms with Gasteiger partial charge in [0, 0.05) is 0 Å². The molecule has 2 heteroatoms. The molecule has 1 aromatic rings. The van der Waals surface area contributed by atoms with Crippen molar-refractivity contribution in [2.24, 2.45) is 11.8 Å². The standard InChI is InChI=1S/C14H19NO/c1-10-4-2-3-5-13(10)14(16)6-11-8-15-9-12(11)7-14/h2-5,11-12,15-16H,6-9H2,1H3/t11-,12+,14?. The Hall–Kier alpha value is -0.860. The number of benzene rings is 1. The van der Waals surface area contributed by atoms with Crippen molar-refractivity contribution in [1.82, 2.24) is 5.32 Å². The topological polar surface area (TPSA) is 32.3 Å². The summed E-state index contributed by atoms with van der Waals surface area (Å²) in [5.41, 5.74) is 1.80. The van der Waals surface area contributed by atoms with Gasteiger partial charge in [-0.2, -0.15) is 0 Å². The van der Waals surface area contributed by atoms with E-state index in [4.69, 9.17) is 0 Å². The number of rotatable bonds is 1. The zero-order chi connectivity index (χ0) is 11.2. The zero-order valence-corrected chi connectivity index (χ0v) is 9.74. The monoisotopic (exact) mass is 217 g/mol. The highest BCUT2D eigenvalue weighted by atomic mass is 16.3. The SMILES string of the molecule is Cc1ccccc1C1(O)C[C@H]2CNC[C@H]2C1. The molecule has 1 aliphatic heterocycles. The minimum atomic E-state index is -0.567. The minimum absolute atomic E-state index is 0.567. The van der Waals surface area contributed by atoms with Crippen LogP contribution in [0.1, 0.15) is 24.0 Å². The molecule has 1 saturated carbocycles. The van der Waals surface area contributed by atoms with Crippen LogP contribution in [0.15, 0.2) is 24.3 Å². The van der Waals surface area contributed by atoms with Crippen molar-refractivity contribution in [2.45, 2.75) is 25.4 Å². The molecule has 0 spiro atoms. The van der Waals surface area contributed by atoms with Crippen LogP contribution < -0.4 is 5.32 Å². The van der Waals surface area contributed by atoms with Gasteiger partial charge in [0.25, 0.3) is 0 Å². The molecule has 2 fully saturated rings. The predicted octanol–water partition coefficient (Wildman–Crippen LogP) is 1.81. The fourth-order valence-electron chi connectivity index (χ4n) is 3.53. The highest BCUT2D eigenvalue weighted by Gasteiger charge is 2.47. The van der Waals surface area contributed by atoms with E-state index in [9.17, 15) is 5.11 Å². The van der Waals surface area contributed by atoms with E-state index in [1.165, 1.54) is 5.56 Å². The lowest BCUT2D eigenvalue weighted by Gasteiger charge is -2.26. The molecule has 1 aromatic carbocycles. The first-order chi connectivity index (χ1) is 7.69. The van der Waals surface area contributed by atoms with Crippen LogP contribution in [-0.4, -0.2) is 18.2 Å². The number of hydrogen-bond donors (Lipinski definition) is 2. The highest BCUT2D eigenvalue weighted by molar-refractivity contribution is 5.32. The quantitative estimate of drug-likeness (QED) is 0.752. The molecule has 86 valence electrons. The molecular weight excluding hydrogens is 198 g/mol. The van der Waals surface area contributed by atoms with Crippen LogP contribution in [0.25, 0.3) is 0 Å². The van der Waals surface area contributed by atoms with Crippen LogP contribution in [0.2, 0.25) is 0 Å². The molecule has 0 aromatic heterocycles. The summed E-state index contributed by atoms with van der Waals surface area (Å²) < 4.78 is 0. The van der Waals surface area contributed by atoms with Gasteiger partial charge in [0.05, 0.1) is 5.60 Å². The predicted molar refractivity (Wildman–Crippen MR) is 64.2 cm³/mol. The van der Waals surface area contributed by atoms with E-state index in [0.29, 0.717) is 11.8 Å². The first kappa shape index (κ1) is 10.3. The van der Waals surface area contributed by atoms with Crippen LogP contribution in [0, 0.1) is 18.8 Å². The highest BCUT2D eigenvalue weighted by Crippen LogP contribution is 2.47. The molecule has 0 bridgehead atoms. The lowest BCUT2D eigenvalue weighted by Crippen LogP contribution is -2.26. The van der Waals surface area contributed by atoms with Crippen molar-refractivity contribution in [1.29, 1.82) is 0 Å². The molecular formula is C14H19NO. The molecule has 3 atom stereocenters. The average molecular weight is 217 g/mol. The normalized spacial score (nSPS) is 37.6. The molecule has 2 N–H and O–H groups in total. The van der Waals surface area contributed by atoms with E-state index in [-0.39, 0.29) is 0 Å². The number of aliphatic hydroxyl groups is 1. The van der Waals surface area contributed by atoms with Gasteiger partial charge in [0.15, 0.2) is 0 Å². The van der Waals surface area contributed by atoms with Gasteiger partial charge < -0.3 is 10.4 Å². The fourth-order valence-corrected chi connectivity index (χ4v) is 3.53. The summed E-state index contributed by atoms with van der Waals surface area (Å²) in [7, 11) is 0. The van der Waals surface area contributed by atoms with Gasteiger partial charge in [-0.15, -0.1) is 0 Å². The van der Waals surface area contributed by atoms with E-state index in [1.807, 2.05) is 12.1 Å². The summed E-state index contributed by atoms with van der Waals surface area (Å²) in [6.45, 7) is 4.26. The summed E-state index contributed by atoms with van der Waals surface area (Å²) >= 11 is 0. The van der Waals surface area contributed by atoms with E-state index in [1.54, 1.807) is 0 Å². The Morgan fingerprint density at radius 2 is 1.81 bits per heavy atom. The summed E-state index contributed by atoms with van der Waals surface area (Å²) in [6.07, 6.45) is 1.85. The van der Waals surface area contributed by atoms with Gasteiger partial charge in [-0.1, -0.05) is 24.3 Å². The summed E-state index contributed by atoms with van der Waals surface area (Å²) in [6, 6.07) is 8.26. The average Bonchev–Trinajstić information content (AvgIpc) is 2.76. The Morgan fingerprint density at radius 3 is 2.44 bits per heavy atom. The van der Waals surface area contributed by atoms with Crippen molar-refractivity contribution in [3.63, 3.8) is 0 Å². The maximum atomic E-state index is 10.8. The van der Waals surface area contributed by atoms with Crippen LogP contribution in [-0.2, 0) is 5.60 Å². The lowest BCUT2D eigenvalue weighted by molar-refractivity contribution is 0.0352. The summed E-state index contributed by atoms with van der Waals surface area (Å²) in [5.74, 6) is 1.34. The molecule has 16 heavy (non-hydrogen) atoms.